The molecule has 2 N–H and O–H groups in total. The van der Waals surface area contributed by atoms with E-state index < -0.39 is 12.0 Å². The number of carbonyl (C=O) groups is 2. The molecule has 0 heterocycles. The van der Waals surface area contributed by atoms with Crippen LogP contribution in [0.5, 0.6) is 0 Å². The second kappa shape index (κ2) is 7.36. The van der Waals surface area contributed by atoms with Crippen molar-refractivity contribution >= 4 is 11.8 Å². The maximum atomic E-state index is 12.5. The molecule has 4 nitrogen and oxygen atoms in total. The monoisotopic (exact) mass is 289 g/mol. The highest BCUT2D eigenvalue weighted by Gasteiger charge is 2.23. The summed E-state index contributed by atoms with van der Waals surface area (Å²) >= 11 is 0. The molecule has 0 amide bonds. The molecule has 0 saturated heterocycles. The Bertz CT molecular complexity index is 525. The van der Waals surface area contributed by atoms with Crippen LogP contribution in [0.3, 0.4) is 0 Å². The van der Waals surface area contributed by atoms with Crippen molar-refractivity contribution in [3.8, 4) is 0 Å². The summed E-state index contributed by atoms with van der Waals surface area (Å²) in [7, 11) is 0. The van der Waals surface area contributed by atoms with Crippen molar-refractivity contribution in [1.29, 1.82) is 0 Å². The lowest BCUT2D eigenvalue weighted by Crippen LogP contribution is -2.39. The molecule has 4 heteroatoms. The zero-order chi connectivity index (χ0) is 15.2. The number of carboxylic acid groups (broad SMARTS) is 1. The third-order valence-corrected chi connectivity index (χ3v) is 3.97. The third-order valence-electron chi connectivity index (χ3n) is 3.97. The van der Waals surface area contributed by atoms with E-state index in [0.717, 1.165) is 25.7 Å². The third kappa shape index (κ3) is 4.14. The molecule has 0 aromatic heterocycles. The number of aryl methyl sites for hydroxylation is 2. The molecule has 0 fully saturated rings. The smallest absolute Gasteiger partial charge is 0.305 e. The zero-order valence-electron chi connectivity index (χ0n) is 12.5. The van der Waals surface area contributed by atoms with Gasteiger partial charge in [0.05, 0.1) is 12.5 Å². The van der Waals surface area contributed by atoms with Gasteiger partial charge >= 0.3 is 5.97 Å². The van der Waals surface area contributed by atoms with Gasteiger partial charge in [-0.15, -0.1) is 0 Å². The van der Waals surface area contributed by atoms with Gasteiger partial charge in [0.1, 0.15) is 0 Å². The first-order valence-electron chi connectivity index (χ1n) is 7.73. The van der Waals surface area contributed by atoms with E-state index in [1.165, 1.54) is 17.5 Å². The van der Waals surface area contributed by atoms with Gasteiger partial charge in [-0.05, 0) is 55.8 Å². The average Bonchev–Trinajstić information content (AvgIpc) is 2.50. The zero-order valence-corrected chi connectivity index (χ0v) is 12.5. The predicted molar refractivity (Wildman–Crippen MR) is 81.7 cm³/mol. The normalized spacial score (nSPS) is 15.3. The van der Waals surface area contributed by atoms with Crippen molar-refractivity contribution in [2.45, 2.75) is 51.5 Å². The van der Waals surface area contributed by atoms with Gasteiger partial charge in [0.15, 0.2) is 5.78 Å². The summed E-state index contributed by atoms with van der Waals surface area (Å²) in [6.45, 7) is 2.64. The number of carboxylic acids is 1. The van der Waals surface area contributed by atoms with E-state index in [2.05, 4.69) is 5.32 Å². The molecule has 0 spiro atoms. The Morgan fingerprint density at radius 2 is 1.95 bits per heavy atom. The summed E-state index contributed by atoms with van der Waals surface area (Å²) in [5.74, 6) is -1.06. The minimum atomic E-state index is -0.949. The van der Waals surface area contributed by atoms with Crippen LogP contribution in [-0.2, 0) is 17.6 Å². The van der Waals surface area contributed by atoms with E-state index in [1.807, 2.05) is 25.1 Å². The number of aliphatic carboxylic acids is 1. The summed E-state index contributed by atoms with van der Waals surface area (Å²) in [6.07, 6.45) is 5.17. The molecule has 1 aliphatic rings. The molecule has 0 radical (unpaired) electrons. The molecule has 114 valence electrons. The number of rotatable bonds is 7. The molecular weight excluding hydrogens is 266 g/mol. The summed E-state index contributed by atoms with van der Waals surface area (Å²) in [6, 6.07) is 5.19. The highest BCUT2D eigenvalue weighted by atomic mass is 16.4. The molecule has 1 unspecified atom stereocenters. The molecule has 0 bridgehead atoms. The van der Waals surface area contributed by atoms with Crippen LogP contribution in [0.1, 0.15) is 54.1 Å². The molecule has 21 heavy (non-hydrogen) atoms. The van der Waals surface area contributed by atoms with E-state index in [9.17, 15) is 9.59 Å². The SMILES string of the molecule is CCCNC(CC(=O)O)C(=O)c1ccc2c(c1)CCCC2. The molecular formula is C17H23NO3. The van der Waals surface area contributed by atoms with Crippen LogP contribution in [-0.4, -0.2) is 29.4 Å². The first-order chi connectivity index (χ1) is 10.1. The van der Waals surface area contributed by atoms with Gasteiger partial charge in [0.2, 0.25) is 0 Å². The number of carbonyl (C=O) groups excluding carboxylic acids is 1. The Labute approximate surface area is 125 Å². The van der Waals surface area contributed by atoms with Crippen molar-refractivity contribution in [1.82, 2.24) is 5.32 Å². The van der Waals surface area contributed by atoms with Gasteiger partial charge < -0.3 is 10.4 Å². The van der Waals surface area contributed by atoms with Gasteiger partial charge in [0, 0.05) is 5.56 Å². The predicted octanol–water partition coefficient (Wildman–Crippen LogP) is 2.59. The lowest BCUT2D eigenvalue weighted by atomic mass is 9.88. The first-order valence-corrected chi connectivity index (χ1v) is 7.73. The van der Waals surface area contributed by atoms with Crippen LogP contribution in [0.25, 0.3) is 0 Å². The summed E-state index contributed by atoms with van der Waals surface area (Å²) in [5.41, 5.74) is 3.20. The van der Waals surface area contributed by atoms with Gasteiger partial charge in [0.25, 0.3) is 0 Å². The number of hydrogen-bond acceptors (Lipinski definition) is 3. The fourth-order valence-corrected chi connectivity index (χ4v) is 2.84. The number of Topliss-reactive ketones (excluding diaryl/α,β-unsaturated/α-hetero) is 1. The largest absolute Gasteiger partial charge is 0.481 e. The van der Waals surface area contributed by atoms with Crippen molar-refractivity contribution in [3.63, 3.8) is 0 Å². The lowest BCUT2D eigenvalue weighted by molar-refractivity contribution is -0.137. The number of hydrogen-bond donors (Lipinski definition) is 2. The fourth-order valence-electron chi connectivity index (χ4n) is 2.84. The van der Waals surface area contributed by atoms with Gasteiger partial charge in [-0.2, -0.15) is 0 Å². The average molecular weight is 289 g/mol. The topological polar surface area (TPSA) is 66.4 Å². The standard InChI is InChI=1S/C17H23NO3/c1-2-9-18-15(11-16(19)20)17(21)14-8-7-12-5-3-4-6-13(12)10-14/h7-8,10,15,18H,2-6,9,11H2,1H3,(H,19,20). The Morgan fingerprint density at radius 3 is 2.62 bits per heavy atom. The van der Waals surface area contributed by atoms with Crippen molar-refractivity contribution in [3.05, 3.63) is 34.9 Å². The summed E-state index contributed by atoms with van der Waals surface area (Å²) < 4.78 is 0. The number of nitrogens with one attached hydrogen (secondary N) is 1. The first kappa shape index (κ1) is 15.7. The van der Waals surface area contributed by atoms with Crippen LogP contribution in [0.4, 0.5) is 0 Å². The van der Waals surface area contributed by atoms with Crippen molar-refractivity contribution in [2.75, 3.05) is 6.54 Å². The number of ketones is 1. The molecule has 1 aromatic rings. The van der Waals surface area contributed by atoms with Crippen LogP contribution < -0.4 is 5.32 Å². The second-order valence-electron chi connectivity index (χ2n) is 5.66. The molecule has 2 rings (SSSR count). The summed E-state index contributed by atoms with van der Waals surface area (Å²) in [5, 5.41) is 12.0. The Morgan fingerprint density at radius 1 is 1.24 bits per heavy atom. The molecule has 1 aliphatic carbocycles. The van der Waals surface area contributed by atoms with Gasteiger partial charge in [-0.1, -0.05) is 19.1 Å². The molecule has 0 saturated carbocycles. The number of fused-ring (bicyclic) bond motifs is 1. The van der Waals surface area contributed by atoms with Crippen LogP contribution in [0.15, 0.2) is 18.2 Å². The minimum Gasteiger partial charge on any atom is -0.481 e. The van der Waals surface area contributed by atoms with Gasteiger partial charge in [-0.25, -0.2) is 0 Å². The number of benzene rings is 1. The van der Waals surface area contributed by atoms with Crippen molar-refractivity contribution in [2.24, 2.45) is 0 Å². The maximum absolute atomic E-state index is 12.5. The Hall–Kier alpha value is -1.68. The highest BCUT2D eigenvalue weighted by Crippen LogP contribution is 2.23. The molecule has 0 aliphatic heterocycles. The second-order valence-corrected chi connectivity index (χ2v) is 5.66. The van der Waals surface area contributed by atoms with Crippen LogP contribution >= 0.6 is 0 Å². The Kier molecular flexibility index (Phi) is 5.51. The summed E-state index contributed by atoms with van der Waals surface area (Å²) in [4.78, 5) is 23.5. The van der Waals surface area contributed by atoms with E-state index in [1.54, 1.807) is 0 Å². The Balaban J connectivity index is 2.17. The minimum absolute atomic E-state index is 0.112. The van der Waals surface area contributed by atoms with E-state index >= 15 is 0 Å². The maximum Gasteiger partial charge on any atom is 0.305 e. The quantitative estimate of drug-likeness (QED) is 0.757. The van der Waals surface area contributed by atoms with Gasteiger partial charge in [-0.3, -0.25) is 9.59 Å². The lowest BCUT2D eigenvalue weighted by Gasteiger charge is -2.19. The fraction of sp³-hybridized carbons (Fsp3) is 0.529. The van der Waals surface area contributed by atoms with Crippen LogP contribution in [0, 0.1) is 0 Å². The molecule has 1 aromatic carbocycles. The van der Waals surface area contributed by atoms with Crippen molar-refractivity contribution < 1.29 is 14.7 Å². The van der Waals surface area contributed by atoms with E-state index in [0.29, 0.717) is 12.1 Å². The van der Waals surface area contributed by atoms with Crippen LogP contribution in [0.2, 0.25) is 0 Å². The van der Waals surface area contributed by atoms with E-state index in [-0.39, 0.29) is 12.2 Å². The highest BCUT2D eigenvalue weighted by molar-refractivity contribution is 6.01. The van der Waals surface area contributed by atoms with E-state index in [4.69, 9.17) is 5.11 Å². The molecule has 1 atom stereocenters.